The van der Waals surface area contributed by atoms with Gasteiger partial charge in [0, 0.05) is 36.5 Å². The first kappa shape index (κ1) is 37.7. The fourth-order valence-corrected chi connectivity index (χ4v) is 5.66. The molecule has 0 aromatic heterocycles. The van der Waals surface area contributed by atoms with Gasteiger partial charge in [0.15, 0.2) is 11.6 Å². The number of carbonyl (C=O) groups excluding carboxylic acids is 1. The number of alkyl halides is 6. The van der Waals surface area contributed by atoms with Crippen LogP contribution in [0.25, 0.3) is 10.4 Å². The van der Waals surface area contributed by atoms with Crippen LogP contribution in [0.2, 0.25) is 0 Å². The third-order valence-corrected chi connectivity index (χ3v) is 8.13. The molecule has 16 heteroatoms. The highest BCUT2D eigenvalue weighted by molar-refractivity contribution is 6.01. The number of rotatable bonds is 14. The number of ether oxygens (including phenoxy) is 2. The van der Waals surface area contributed by atoms with Crippen molar-refractivity contribution in [3.8, 4) is 5.75 Å². The van der Waals surface area contributed by atoms with Gasteiger partial charge in [-0.3, -0.25) is 10.2 Å². The number of carbonyl (C=O) groups is 1. The maximum atomic E-state index is 14.5. The van der Waals surface area contributed by atoms with Crippen molar-refractivity contribution in [2.24, 2.45) is 10.1 Å². The normalized spacial score (nSPS) is 17.1. The fraction of sp³-hybridized carbons (Fsp3) is 0.278. The number of nitrogens with zero attached hydrogens (tertiary/aromatic N) is 4. The van der Waals surface area contributed by atoms with E-state index in [-0.39, 0.29) is 43.7 Å². The van der Waals surface area contributed by atoms with Crippen molar-refractivity contribution in [3.63, 3.8) is 0 Å². The summed E-state index contributed by atoms with van der Waals surface area (Å²) in [5.41, 5.74) is 10.9. The molecule has 1 aliphatic heterocycles. The summed E-state index contributed by atoms with van der Waals surface area (Å²) in [5.74, 6) is -0.237. The van der Waals surface area contributed by atoms with E-state index in [0.717, 1.165) is 0 Å². The van der Waals surface area contributed by atoms with Crippen molar-refractivity contribution in [3.05, 3.63) is 146 Å². The third-order valence-electron chi connectivity index (χ3n) is 8.13. The highest BCUT2D eigenvalue weighted by Gasteiger charge is 2.54. The Morgan fingerprint density at radius 2 is 1.58 bits per heavy atom. The van der Waals surface area contributed by atoms with Crippen molar-refractivity contribution >= 4 is 11.8 Å². The molecule has 1 amide bonds. The zero-order valence-corrected chi connectivity index (χ0v) is 27.3. The standard InChI is InChI=1S/C36H32F6N6O4/c37-35(38,39)27-17-24(18-28(19-27)36(40,41)42)21-44-47-33(50)34(20-23-7-2-1-3-8-23)31(30-10-5-4-9-26(30)22-45-48-43)52-32(46-34)25-11-13-29(14-12-25)51-16-6-15-49/h1-5,7-14,17-19,31,44,49H,6,15-16,20-22H2,(H,47,50)/t31-,34-/m0/s1. The van der Waals surface area contributed by atoms with Crippen LogP contribution in [-0.4, -0.2) is 35.7 Å². The Labute approximate surface area is 293 Å². The zero-order chi connectivity index (χ0) is 37.4. The molecule has 2 atom stereocenters. The van der Waals surface area contributed by atoms with Gasteiger partial charge >= 0.3 is 12.4 Å². The number of azide groups is 1. The van der Waals surface area contributed by atoms with Crippen molar-refractivity contribution in [2.45, 2.75) is 49.9 Å². The highest BCUT2D eigenvalue weighted by atomic mass is 19.4. The minimum Gasteiger partial charge on any atom is -0.494 e. The van der Waals surface area contributed by atoms with Gasteiger partial charge in [-0.05, 0) is 70.2 Å². The molecule has 4 aromatic rings. The Morgan fingerprint density at radius 1 is 0.923 bits per heavy atom. The summed E-state index contributed by atoms with van der Waals surface area (Å²) in [6.07, 6.45) is -10.9. The van der Waals surface area contributed by atoms with E-state index in [1.807, 2.05) is 0 Å². The number of aliphatic hydroxyl groups is 1. The Bertz CT molecular complexity index is 1900. The van der Waals surface area contributed by atoms with E-state index in [1.165, 1.54) is 0 Å². The van der Waals surface area contributed by atoms with Gasteiger partial charge in [0.05, 0.1) is 24.3 Å². The average Bonchev–Trinajstić information content (AvgIpc) is 3.51. The molecular weight excluding hydrogens is 694 g/mol. The van der Waals surface area contributed by atoms with Crippen LogP contribution < -0.4 is 15.6 Å². The predicted octanol–water partition coefficient (Wildman–Crippen LogP) is 7.62. The molecule has 10 nitrogen and oxygen atoms in total. The lowest BCUT2D eigenvalue weighted by Gasteiger charge is -2.32. The summed E-state index contributed by atoms with van der Waals surface area (Å²) >= 11 is 0. The van der Waals surface area contributed by atoms with Crippen molar-refractivity contribution in [1.82, 2.24) is 10.9 Å². The van der Waals surface area contributed by atoms with Crippen LogP contribution in [0, 0.1) is 0 Å². The molecule has 0 saturated heterocycles. The summed E-state index contributed by atoms with van der Waals surface area (Å²) in [5, 5.41) is 12.7. The third kappa shape index (κ3) is 9.01. The van der Waals surface area contributed by atoms with Gasteiger partial charge in [-0.1, -0.05) is 59.7 Å². The summed E-state index contributed by atoms with van der Waals surface area (Å²) in [4.78, 5) is 22.2. The molecule has 0 unspecified atom stereocenters. The number of hydrazine groups is 1. The van der Waals surface area contributed by atoms with E-state index in [4.69, 9.17) is 25.1 Å². The topological polar surface area (TPSA) is 141 Å². The average molecular weight is 727 g/mol. The fourth-order valence-electron chi connectivity index (χ4n) is 5.66. The van der Waals surface area contributed by atoms with Gasteiger partial charge in [0.1, 0.15) is 5.75 Å². The Balaban J connectivity index is 1.55. The van der Waals surface area contributed by atoms with Crippen LogP contribution >= 0.6 is 0 Å². The molecule has 5 rings (SSSR count). The van der Waals surface area contributed by atoms with Gasteiger partial charge in [0.25, 0.3) is 5.91 Å². The SMILES string of the molecule is [N-]=[N+]=NCc1ccccc1[C@@H]1OC(c2ccc(OCCCO)cc2)=N[C@]1(Cc1ccccc1)C(=O)NNCc1cc(C(F)(F)F)cc(C(F)(F)F)c1. The van der Waals surface area contributed by atoms with E-state index in [1.54, 1.807) is 78.9 Å². The number of hydrogen-bond acceptors (Lipinski definition) is 7. The predicted molar refractivity (Wildman–Crippen MR) is 178 cm³/mol. The molecule has 4 aromatic carbocycles. The quantitative estimate of drug-likeness (QED) is 0.0306. The first-order valence-corrected chi connectivity index (χ1v) is 15.9. The highest BCUT2D eigenvalue weighted by Crippen LogP contribution is 2.44. The lowest BCUT2D eigenvalue weighted by molar-refractivity contribution is -0.143. The smallest absolute Gasteiger partial charge is 0.416 e. The maximum Gasteiger partial charge on any atom is 0.416 e. The monoisotopic (exact) mass is 726 g/mol. The summed E-state index contributed by atoms with van der Waals surface area (Å²) in [7, 11) is 0. The van der Waals surface area contributed by atoms with Crippen LogP contribution in [0.5, 0.6) is 5.75 Å². The minimum absolute atomic E-state index is 0.0230. The van der Waals surface area contributed by atoms with E-state index < -0.39 is 47.6 Å². The van der Waals surface area contributed by atoms with E-state index in [0.29, 0.717) is 46.6 Å². The second-order valence-electron chi connectivity index (χ2n) is 11.8. The number of halogens is 6. The molecule has 0 spiro atoms. The second kappa shape index (κ2) is 16.2. The van der Waals surface area contributed by atoms with Gasteiger partial charge in [-0.2, -0.15) is 26.3 Å². The lowest BCUT2D eigenvalue weighted by atomic mass is 9.81. The Morgan fingerprint density at radius 3 is 2.21 bits per heavy atom. The molecule has 0 radical (unpaired) electrons. The van der Waals surface area contributed by atoms with Crippen LogP contribution in [0.15, 0.2) is 107 Å². The summed E-state index contributed by atoms with van der Waals surface area (Å²) in [6.45, 7) is -0.462. The van der Waals surface area contributed by atoms with Crippen LogP contribution in [-0.2, 0) is 41.4 Å². The number of aliphatic hydroxyl groups excluding tert-OH is 1. The van der Waals surface area contributed by atoms with Gasteiger partial charge in [0.2, 0.25) is 5.90 Å². The first-order valence-electron chi connectivity index (χ1n) is 15.9. The molecular formula is C36H32F6N6O4. The van der Waals surface area contributed by atoms with Crippen molar-refractivity contribution in [1.29, 1.82) is 0 Å². The molecule has 1 heterocycles. The van der Waals surface area contributed by atoms with E-state index in [9.17, 15) is 31.1 Å². The minimum atomic E-state index is -5.05. The largest absolute Gasteiger partial charge is 0.494 e. The van der Waals surface area contributed by atoms with Crippen LogP contribution in [0.1, 0.15) is 51.5 Å². The number of nitrogens with one attached hydrogen (secondary N) is 2. The molecule has 0 bridgehead atoms. The van der Waals surface area contributed by atoms with Gasteiger partial charge in [-0.25, -0.2) is 10.4 Å². The van der Waals surface area contributed by atoms with Gasteiger partial charge < -0.3 is 14.6 Å². The zero-order valence-electron chi connectivity index (χ0n) is 27.3. The molecule has 272 valence electrons. The van der Waals surface area contributed by atoms with Crippen molar-refractivity contribution in [2.75, 3.05) is 13.2 Å². The molecule has 1 aliphatic rings. The number of amides is 1. The molecule has 3 N–H and O–H groups in total. The van der Waals surface area contributed by atoms with Crippen LogP contribution in [0.3, 0.4) is 0 Å². The lowest BCUT2D eigenvalue weighted by Crippen LogP contribution is -2.53. The molecule has 0 saturated carbocycles. The van der Waals surface area contributed by atoms with Crippen LogP contribution in [0.4, 0.5) is 26.3 Å². The number of benzene rings is 4. The Hall–Kier alpha value is -5.57. The second-order valence-corrected chi connectivity index (χ2v) is 11.8. The first-order chi connectivity index (χ1) is 24.8. The molecule has 0 aliphatic carbocycles. The summed E-state index contributed by atoms with van der Waals surface area (Å²) < 4.78 is 93.1. The molecule has 52 heavy (non-hydrogen) atoms. The number of hydrogen-bond donors (Lipinski definition) is 3. The van der Waals surface area contributed by atoms with Gasteiger partial charge in [-0.15, -0.1) is 0 Å². The molecule has 0 fully saturated rings. The summed E-state index contributed by atoms with van der Waals surface area (Å²) in [6, 6.07) is 23.4. The Kier molecular flexibility index (Phi) is 11.7. The maximum absolute atomic E-state index is 14.5. The van der Waals surface area contributed by atoms with Crippen molar-refractivity contribution < 1.29 is 45.7 Å². The number of aliphatic imine (C=N–C) groups is 1. The van der Waals surface area contributed by atoms with E-state index >= 15 is 0 Å². The van der Waals surface area contributed by atoms with E-state index in [2.05, 4.69) is 20.9 Å².